The summed E-state index contributed by atoms with van der Waals surface area (Å²) in [4.78, 5) is 64.4. The lowest BCUT2D eigenvalue weighted by atomic mass is 9.49. The summed E-state index contributed by atoms with van der Waals surface area (Å²) in [5.74, 6) is -0.433. The van der Waals surface area contributed by atoms with Gasteiger partial charge in [-0.25, -0.2) is 14.2 Å². The second-order valence-corrected chi connectivity index (χ2v) is 17.6. The molecule has 2 aromatic carbocycles. The molecule has 4 amide bonds. The number of hydrogen-bond acceptors (Lipinski definition) is 9. The Morgan fingerprint density at radius 3 is 2.44 bits per heavy atom. The first-order valence-corrected chi connectivity index (χ1v) is 20.8. The molecule has 1 unspecified atom stereocenters. The average molecular weight is 827 g/mol. The standard InChI is InChI=1S/C44H52ClFN8O5/c1-43(2)41(44(3,4)42(43)59-29-11-12-33(47-5)31(45)23-29)51-38(56)27-10-14-36(49-25-27)53-20-18-52(19-21-53)17-9-7-6-8-16-48-34-22-28-26-54(40(58)30(28)24-32(34)46)35-13-15-37(55)50-39(35)57/h10-12,14,22-25,35,41-42,48H,6-9,13,15-21,26H2,1-4H3,(H,51,56)(H,50,55,57). The van der Waals surface area contributed by atoms with Crippen LogP contribution in [0.1, 0.15) is 92.5 Å². The number of fused-ring (bicyclic) bond motifs is 1. The van der Waals surface area contributed by atoms with Crippen LogP contribution in [0.2, 0.25) is 5.02 Å². The zero-order chi connectivity index (χ0) is 42.1. The Morgan fingerprint density at radius 1 is 1.02 bits per heavy atom. The Hall–Kier alpha value is -5.26. The number of unbranched alkanes of at least 4 members (excludes halogenated alkanes) is 3. The molecule has 4 aliphatic rings. The van der Waals surface area contributed by atoms with Crippen molar-refractivity contribution in [3.05, 3.63) is 87.6 Å². The largest absolute Gasteiger partial charge is 0.489 e. The van der Waals surface area contributed by atoms with E-state index in [1.807, 2.05) is 12.1 Å². The van der Waals surface area contributed by atoms with Gasteiger partial charge in [0.05, 0.1) is 22.8 Å². The van der Waals surface area contributed by atoms with Gasteiger partial charge in [0.2, 0.25) is 17.5 Å². The van der Waals surface area contributed by atoms with Crippen molar-refractivity contribution in [3.63, 3.8) is 0 Å². The molecule has 1 saturated carbocycles. The molecule has 312 valence electrons. The maximum atomic E-state index is 14.9. The molecular weight excluding hydrogens is 775 g/mol. The van der Waals surface area contributed by atoms with Gasteiger partial charge >= 0.3 is 0 Å². The molecule has 1 aromatic heterocycles. The van der Waals surface area contributed by atoms with Gasteiger partial charge in [0.15, 0.2) is 0 Å². The van der Waals surface area contributed by atoms with Crippen molar-refractivity contribution in [2.24, 2.45) is 10.8 Å². The molecular formula is C44H52ClFN8O5. The van der Waals surface area contributed by atoms with Crippen molar-refractivity contribution in [1.29, 1.82) is 0 Å². The predicted octanol–water partition coefficient (Wildman–Crippen LogP) is 6.59. The number of halogens is 2. The Kier molecular flexibility index (Phi) is 12.2. The molecule has 7 rings (SSSR count). The molecule has 2 saturated heterocycles. The molecule has 59 heavy (non-hydrogen) atoms. The van der Waals surface area contributed by atoms with E-state index in [0.717, 1.165) is 64.2 Å². The van der Waals surface area contributed by atoms with Crippen molar-refractivity contribution in [3.8, 4) is 5.75 Å². The molecule has 13 nitrogen and oxygen atoms in total. The van der Waals surface area contributed by atoms with E-state index < -0.39 is 17.8 Å². The van der Waals surface area contributed by atoms with E-state index in [-0.39, 0.29) is 65.6 Å². The fraction of sp³-hybridized carbons (Fsp3) is 0.500. The number of nitrogens with zero attached hydrogens (tertiary/aromatic N) is 5. The lowest BCUT2D eigenvalue weighted by Crippen LogP contribution is -2.74. The maximum Gasteiger partial charge on any atom is 0.255 e. The number of ether oxygens (including phenoxy) is 1. The van der Waals surface area contributed by atoms with E-state index in [2.05, 4.69) is 63.3 Å². The van der Waals surface area contributed by atoms with E-state index in [1.165, 1.54) is 11.0 Å². The molecule has 1 atom stereocenters. The number of nitrogens with one attached hydrogen (secondary N) is 3. The lowest BCUT2D eigenvalue weighted by Gasteiger charge is -2.63. The number of piperidine rings is 1. The first-order chi connectivity index (χ1) is 28.2. The zero-order valence-corrected chi connectivity index (χ0v) is 34.8. The molecule has 3 N–H and O–H groups in total. The molecule has 3 aromatic rings. The second-order valence-electron chi connectivity index (χ2n) is 17.2. The summed E-state index contributed by atoms with van der Waals surface area (Å²) >= 11 is 6.25. The molecule has 3 fully saturated rings. The summed E-state index contributed by atoms with van der Waals surface area (Å²) < 4.78 is 21.3. The normalized spacial score (nSPS) is 22.3. The molecule has 3 aliphatic heterocycles. The highest BCUT2D eigenvalue weighted by atomic mass is 35.5. The highest BCUT2D eigenvalue weighted by Gasteiger charge is 2.64. The van der Waals surface area contributed by atoms with Crippen LogP contribution in [0.5, 0.6) is 5.75 Å². The fourth-order valence-electron chi connectivity index (χ4n) is 9.47. The number of pyridine rings is 1. The van der Waals surface area contributed by atoms with Gasteiger partial charge in [-0.3, -0.25) is 29.4 Å². The predicted molar refractivity (Wildman–Crippen MR) is 223 cm³/mol. The van der Waals surface area contributed by atoms with Crippen LogP contribution in [-0.4, -0.2) is 95.9 Å². The number of carbonyl (C=O) groups excluding carboxylic acids is 4. The lowest BCUT2D eigenvalue weighted by molar-refractivity contribution is -0.164. The third kappa shape index (κ3) is 8.73. The van der Waals surface area contributed by atoms with Gasteiger partial charge in [-0.05, 0) is 67.8 Å². The third-order valence-electron chi connectivity index (χ3n) is 12.4. The van der Waals surface area contributed by atoms with Crippen LogP contribution in [0, 0.1) is 23.2 Å². The highest BCUT2D eigenvalue weighted by molar-refractivity contribution is 6.33. The SMILES string of the molecule is [C-]#[N+]c1ccc(OC2C(C)(C)C(NC(=O)c3ccc(N4CCN(CCCCCCNc5cc6c(cc5F)C(=O)N(C5CCC(=O)NC5=O)C6)CC4)nc3)C2(C)C)cc1Cl. The maximum absolute atomic E-state index is 14.9. The third-order valence-corrected chi connectivity index (χ3v) is 12.7. The Labute approximate surface area is 349 Å². The van der Waals surface area contributed by atoms with Gasteiger partial charge in [-0.2, -0.15) is 0 Å². The monoisotopic (exact) mass is 826 g/mol. The molecule has 0 radical (unpaired) electrons. The van der Waals surface area contributed by atoms with Crippen molar-refractivity contribution in [2.45, 2.75) is 91.0 Å². The zero-order valence-electron chi connectivity index (χ0n) is 34.1. The molecule has 0 spiro atoms. The summed E-state index contributed by atoms with van der Waals surface area (Å²) in [6.45, 7) is 20.9. The smallest absolute Gasteiger partial charge is 0.255 e. The van der Waals surface area contributed by atoms with Crippen molar-refractivity contribution < 1.29 is 28.3 Å². The van der Waals surface area contributed by atoms with Crippen molar-refractivity contribution in [2.75, 3.05) is 49.5 Å². The number of amides is 4. The number of piperazine rings is 1. The number of rotatable bonds is 14. The number of aromatic nitrogens is 1. The molecule has 4 heterocycles. The highest BCUT2D eigenvalue weighted by Crippen LogP contribution is 2.55. The van der Waals surface area contributed by atoms with Gasteiger partial charge in [-0.15, -0.1) is 0 Å². The topological polar surface area (TPSA) is 141 Å². The van der Waals surface area contributed by atoms with Crippen molar-refractivity contribution >= 4 is 52.4 Å². The Balaban J connectivity index is 0.791. The summed E-state index contributed by atoms with van der Waals surface area (Å²) in [5.41, 5.74) is 1.45. The van der Waals surface area contributed by atoms with Crippen molar-refractivity contribution in [1.82, 2.24) is 25.4 Å². The minimum atomic E-state index is -0.728. The van der Waals surface area contributed by atoms with Crippen LogP contribution >= 0.6 is 11.6 Å². The number of hydrogen-bond donors (Lipinski definition) is 3. The summed E-state index contributed by atoms with van der Waals surface area (Å²) in [5, 5.41) is 9.06. The van der Waals surface area contributed by atoms with Crippen LogP contribution in [0.25, 0.3) is 4.85 Å². The van der Waals surface area contributed by atoms with E-state index in [4.69, 9.17) is 22.9 Å². The van der Waals surface area contributed by atoms with Gasteiger partial charge in [0, 0.05) is 74.3 Å². The van der Waals surface area contributed by atoms with Crippen LogP contribution in [0.15, 0.2) is 48.7 Å². The fourth-order valence-corrected chi connectivity index (χ4v) is 9.68. The van der Waals surface area contributed by atoms with E-state index >= 15 is 0 Å². The van der Waals surface area contributed by atoms with E-state index in [0.29, 0.717) is 39.8 Å². The quantitative estimate of drug-likeness (QED) is 0.0933. The summed E-state index contributed by atoms with van der Waals surface area (Å²) in [6, 6.07) is 10.9. The second kappa shape index (κ2) is 17.1. The van der Waals surface area contributed by atoms with Gasteiger partial charge in [-0.1, -0.05) is 58.2 Å². The van der Waals surface area contributed by atoms with E-state index in [9.17, 15) is 23.6 Å². The van der Waals surface area contributed by atoms with E-state index in [1.54, 1.807) is 30.5 Å². The first-order valence-electron chi connectivity index (χ1n) is 20.5. The Bertz CT molecular complexity index is 2130. The number of anilines is 2. The van der Waals surface area contributed by atoms with Crippen LogP contribution < -0.4 is 25.6 Å². The van der Waals surface area contributed by atoms with Gasteiger partial charge in [0.25, 0.3) is 11.8 Å². The van der Waals surface area contributed by atoms with Crippen LogP contribution in [-0.2, 0) is 16.1 Å². The molecule has 15 heteroatoms. The minimum absolute atomic E-state index is 0.146. The first kappa shape index (κ1) is 41.9. The van der Waals surface area contributed by atoms with Gasteiger partial charge in [0.1, 0.15) is 29.5 Å². The molecule has 0 bridgehead atoms. The number of imide groups is 1. The molecule has 1 aliphatic carbocycles. The van der Waals surface area contributed by atoms with Gasteiger partial charge < -0.3 is 25.2 Å². The average Bonchev–Trinajstić information content (AvgIpc) is 3.52. The van der Waals surface area contributed by atoms with Crippen LogP contribution in [0.4, 0.5) is 21.6 Å². The number of benzene rings is 2. The number of carbonyl (C=O) groups is 4. The van der Waals surface area contributed by atoms with Crippen LogP contribution in [0.3, 0.4) is 0 Å². The summed E-state index contributed by atoms with van der Waals surface area (Å²) in [6.07, 6.45) is 5.92. The summed E-state index contributed by atoms with van der Waals surface area (Å²) in [7, 11) is 0. The Morgan fingerprint density at radius 2 is 1.76 bits per heavy atom. The minimum Gasteiger partial charge on any atom is -0.489 e.